The number of methoxy groups -OCH3 is 2. The van der Waals surface area contributed by atoms with Crippen LogP contribution in [-0.4, -0.2) is 74.8 Å². The number of halogens is 1. The number of carbonyl (C=O) groups is 1. The molecule has 4 aromatic rings. The summed E-state index contributed by atoms with van der Waals surface area (Å²) in [6, 6.07) is 24.0. The molecular weight excluding hydrogens is 594 g/mol. The van der Waals surface area contributed by atoms with Crippen LogP contribution in [0.2, 0.25) is 5.15 Å². The molecule has 5 rings (SSSR count). The molecule has 44 heavy (non-hydrogen) atoms. The maximum absolute atomic E-state index is 13.2. The molecule has 0 aliphatic carbocycles. The molecule has 0 unspecified atom stereocenters. The van der Waals surface area contributed by atoms with Crippen LogP contribution in [0, 0.1) is 6.92 Å². The summed E-state index contributed by atoms with van der Waals surface area (Å²) in [5.74, 6) is 2.93. The number of likely N-dealkylation sites (N-methyl/N-ethyl adjacent to an activating group) is 1. The van der Waals surface area contributed by atoms with Crippen LogP contribution in [0.4, 0.5) is 11.5 Å². The fourth-order valence-corrected chi connectivity index (χ4v) is 6.27. The lowest BCUT2D eigenvalue weighted by Crippen LogP contribution is -2.49. The Morgan fingerprint density at radius 1 is 0.909 bits per heavy atom. The lowest BCUT2D eigenvalue weighted by atomic mass is 10.1. The maximum Gasteiger partial charge on any atom is 0.253 e. The average molecular weight is 632 g/mol. The molecule has 10 heteroatoms. The molecule has 1 saturated heterocycles. The molecule has 0 atom stereocenters. The number of hydrogen-bond donors (Lipinski definition) is 0. The van der Waals surface area contributed by atoms with Gasteiger partial charge in [0.2, 0.25) is 0 Å². The minimum atomic E-state index is 0.0765. The highest BCUT2D eigenvalue weighted by molar-refractivity contribution is 7.98. The van der Waals surface area contributed by atoms with Crippen LogP contribution in [0.15, 0.2) is 78.0 Å². The standard InChI is InChI=1S/C34H38ClN5O3S/c1-24-7-5-6-8-28(24)39-17-19-40(20-18-39)33(41)27-12-9-26(10-13-27)23-44-34-36-31(35)22-32(37-34)38(2)16-15-25-11-14-29(42-3)30(21-25)43-4/h5-14,21-22H,15-20,23H2,1-4H3. The zero-order valence-corrected chi connectivity index (χ0v) is 27.2. The number of carbonyl (C=O) groups excluding carboxylic acids is 1. The number of rotatable bonds is 11. The van der Waals surface area contributed by atoms with Crippen molar-refractivity contribution in [2.24, 2.45) is 0 Å². The van der Waals surface area contributed by atoms with E-state index >= 15 is 0 Å². The number of amides is 1. The smallest absolute Gasteiger partial charge is 0.253 e. The molecule has 1 aliphatic rings. The SMILES string of the molecule is COc1ccc(CCN(C)c2cc(Cl)nc(SCc3ccc(C(=O)N4CCN(c5ccccc5C)CC4)cc3)n2)cc1OC. The molecule has 0 spiro atoms. The zero-order chi connectivity index (χ0) is 31.1. The van der Waals surface area contributed by atoms with Crippen molar-refractivity contribution in [3.63, 3.8) is 0 Å². The van der Waals surface area contributed by atoms with E-state index in [1.54, 1.807) is 20.3 Å². The van der Waals surface area contributed by atoms with E-state index in [4.69, 9.17) is 26.1 Å². The van der Waals surface area contributed by atoms with Gasteiger partial charge in [-0.2, -0.15) is 0 Å². The molecule has 1 aliphatic heterocycles. The molecular formula is C34H38ClN5O3S. The van der Waals surface area contributed by atoms with Crippen LogP contribution in [-0.2, 0) is 12.2 Å². The summed E-state index contributed by atoms with van der Waals surface area (Å²) in [5.41, 5.74) is 5.44. The predicted molar refractivity (Wildman–Crippen MR) is 179 cm³/mol. The van der Waals surface area contributed by atoms with Crippen LogP contribution in [0.25, 0.3) is 0 Å². The normalized spacial score (nSPS) is 13.1. The molecule has 1 amide bonds. The second kappa shape index (κ2) is 14.7. The minimum Gasteiger partial charge on any atom is -0.493 e. The summed E-state index contributed by atoms with van der Waals surface area (Å²) < 4.78 is 10.8. The summed E-state index contributed by atoms with van der Waals surface area (Å²) >= 11 is 7.90. The Bertz CT molecular complexity index is 1580. The van der Waals surface area contributed by atoms with Crippen LogP contribution < -0.4 is 19.3 Å². The predicted octanol–water partition coefficient (Wildman–Crippen LogP) is 6.39. The summed E-state index contributed by atoms with van der Waals surface area (Å²) in [4.78, 5) is 28.7. The lowest BCUT2D eigenvalue weighted by molar-refractivity contribution is 0.0746. The quantitative estimate of drug-likeness (QED) is 0.107. The van der Waals surface area contributed by atoms with Crippen molar-refractivity contribution in [3.05, 3.63) is 100 Å². The number of anilines is 2. The Balaban J connectivity index is 1.13. The Morgan fingerprint density at radius 2 is 1.61 bits per heavy atom. The van der Waals surface area contributed by atoms with Gasteiger partial charge in [0.05, 0.1) is 14.2 Å². The Labute approximate surface area is 269 Å². The number of piperazine rings is 1. The molecule has 0 saturated carbocycles. The van der Waals surface area contributed by atoms with Gasteiger partial charge in [0.1, 0.15) is 11.0 Å². The van der Waals surface area contributed by atoms with E-state index in [1.807, 2.05) is 54.4 Å². The number of benzene rings is 3. The molecule has 3 aromatic carbocycles. The van der Waals surface area contributed by atoms with Crippen LogP contribution in [0.1, 0.15) is 27.0 Å². The first-order chi connectivity index (χ1) is 21.3. The number of nitrogens with zero attached hydrogens (tertiary/aromatic N) is 5. The fraction of sp³-hybridized carbons (Fsp3) is 0.324. The van der Waals surface area contributed by atoms with E-state index in [1.165, 1.54) is 23.0 Å². The fourth-order valence-electron chi connectivity index (χ4n) is 5.24. The van der Waals surface area contributed by atoms with Gasteiger partial charge in [0.25, 0.3) is 5.91 Å². The van der Waals surface area contributed by atoms with E-state index in [0.29, 0.717) is 46.2 Å². The molecule has 2 heterocycles. The first kappa shape index (κ1) is 31.5. The van der Waals surface area contributed by atoms with Crippen molar-refractivity contribution in [3.8, 4) is 11.5 Å². The third kappa shape index (κ3) is 7.76. The highest BCUT2D eigenvalue weighted by Gasteiger charge is 2.23. The highest BCUT2D eigenvalue weighted by atomic mass is 35.5. The molecule has 1 aromatic heterocycles. The number of aryl methyl sites for hydroxylation is 1. The Morgan fingerprint density at radius 3 is 2.32 bits per heavy atom. The topological polar surface area (TPSA) is 71.0 Å². The Kier molecular flexibility index (Phi) is 10.5. The van der Waals surface area contributed by atoms with E-state index in [2.05, 4.69) is 46.0 Å². The number of hydrogen-bond acceptors (Lipinski definition) is 8. The lowest BCUT2D eigenvalue weighted by Gasteiger charge is -2.36. The van der Waals surface area contributed by atoms with Gasteiger partial charge < -0.3 is 24.2 Å². The molecule has 8 nitrogen and oxygen atoms in total. The monoisotopic (exact) mass is 631 g/mol. The third-order valence-electron chi connectivity index (χ3n) is 7.83. The number of aromatic nitrogens is 2. The van der Waals surface area contributed by atoms with Crippen molar-refractivity contribution >= 4 is 40.8 Å². The largest absolute Gasteiger partial charge is 0.493 e. The van der Waals surface area contributed by atoms with Crippen molar-refractivity contribution in [2.45, 2.75) is 24.3 Å². The summed E-state index contributed by atoms with van der Waals surface area (Å²) in [5, 5.41) is 1.01. The zero-order valence-electron chi connectivity index (χ0n) is 25.6. The molecule has 0 bridgehead atoms. The first-order valence-electron chi connectivity index (χ1n) is 14.6. The first-order valence-corrected chi connectivity index (χ1v) is 16.0. The van der Waals surface area contributed by atoms with Gasteiger partial charge in [0.15, 0.2) is 16.7 Å². The maximum atomic E-state index is 13.2. The van der Waals surface area contributed by atoms with Gasteiger partial charge in [0, 0.05) is 62.8 Å². The second-order valence-corrected chi connectivity index (χ2v) is 12.1. The van der Waals surface area contributed by atoms with Crippen molar-refractivity contribution in [1.82, 2.24) is 14.9 Å². The summed E-state index contributed by atoms with van der Waals surface area (Å²) in [7, 11) is 5.26. The minimum absolute atomic E-state index is 0.0765. The summed E-state index contributed by atoms with van der Waals surface area (Å²) in [6.45, 7) is 5.95. The molecule has 0 radical (unpaired) electrons. The van der Waals surface area contributed by atoms with Crippen molar-refractivity contribution in [1.29, 1.82) is 0 Å². The van der Waals surface area contributed by atoms with E-state index in [0.717, 1.165) is 43.0 Å². The summed E-state index contributed by atoms with van der Waals surface area (Å²) in [6.07, 6.45) is 0.800. The van der Waals surface area contributed by atoms with E-state index < -0.39 is 0 Å². The third-order valence-corrected chi connectivity index (χ3v) is 8.94. The van der Waals surface area contributed by atoms with Crippen LogP contribution >= 0.6 is 23.4 Å². The number of ether oxygens (including phenoxy) is 2. The van der Waals surface area contributed by atoms with Crippen molar-refractivity contribution < 1.29 is 14.3 Å². The van der Waals surface area contributed by atoms with Crippen LogP contribution in [0.3, 0.4) is 0 Å². The van der Waals surface area contributed by atoms with E-state index in [-0.39, 0.29) is 5.91 Å². The van der Waals surface area contributed by atoms with Gasteiger partial charge in [-0.25, -0.2) is 9.97 Å². The van der Waals surface area contributed by atoms with E-state index in [9.17, 15) is 4.79 Å². The number of para-hydroxylation sites is 1. The van der Waals surface area contributed by atoms with Crippen molar-refractivity contribution in [2.75, 3.05) is 63.8 Å². The van der Waals surface area contributed by atoms with Gasteiger partial charge in [-0.1, -0.05) is 59.8 Å². The number of thioether (sulfide) groups is 1. The Hall–Kier alpha value is -3.95. The average Bonchev–Trinajstić information content (AvgIpc) is 3.06. The molecule has 0 N–H and O–H groups in total. The molecule has 1 fully saturated rings. The van der Waals surface area contributed by atoms with Gasteiger partial charge in [-0.15, -0.1) is 0 Å². The van der Waals surface area contributed by atoms with Gasteiger partial charge >= 0.3 is 0 Å². The highest BCUT2D eigenvalue weighted by Crippen LogP contribution is 2.29. The van der Waals surface area contributed by atoms with Gasteiger partial charge in [-0.05, 0) is 60.4 Å². The van der Waals surface area contributed by atoms with Gasteiger partial charge in [-0.3, -0.25) is 4.79 Å². The molecule has 230 valence electrons. The second-order valence-electron chi connectivity index (χ2n) is 10.7. The van der Waals surface area contributed by atoms with Crippen LogP contribution in [0.5, 0.6) is 11.5 Å².